The number of benzene rings is 2. The van der Waals surface area contributed by atoms with Crippen molar-refractivity contribution in [3.05, 3.63) is 87.2 Å². The third kappa shape index (κ3) is 4.09. The van der Waals surface area contributed by atoms with Gasteiger partial charge in [0.25, 0.3) is 0 Å². The Balaban J connectivity index is 1.63. The number of ketones is 1. The molecule has 2 N–H and O–H groups in total. The number of ether oxygens (including phenoxy) is 2. The van der Waals surface area contributed by atoms with Gasteiger partial charge in [-0.05, 0) is 35.2 Å². The summed E-state index contributed by atoms with van der Waals surface area (Å²) in [7, 11) is 0. The molecule has 0 spiro atoms. The minimum Gasteiger partial charge on any atom is -0.489 e. The molecule has 32 heavy (non-hydrogen) atoms. The molecular formula is C25H22ClFN2O3. The molecular weight excluding hydrogens is 431 g/mol. The smallest absolute Gasteiger partial charge is 0.205 e. The van der Waals surface area contributed by atoms with Gasteiger partial charge in [-0.1, -0.05) is 43.6 Å². The van der Waals surface area contributed by atoms with E-state index in [1.807, 2.05) is 13.8 Å². The fourth-order valence-electron chi connectivity index (χ4n) is 4.20. The number of hydrogen-bond donors (Lipinski definition) is 1. The monoisotopic (exact) mass is 452 g/mol. The van der Waals surface area contributed by atoms with Gasteiger partial charge in [0.1, 0.15) is 35.6 Å². The molecule has 2 aromatic carbocycles. The molecule has 0 fully saturated rings. The van der Waals surface area contributed by atoms with Gasteiger partial charge in [-0.15, -0.1) is 0 Å². The van der Waals surface area contributed by atoms with Crippen molar-refractivity contribution in [2.45, 2.75) is 39.2 Å². The van der Waals surface area contributed by atoms with Crippen molar-refractivity contribution in [1.29, 1.82) is 5.26 Å². The molecule has 0 radical (unpaired) electrons. The van der Waals surface area contributed by atoms with Crippen LogP contribution in [0.3, 0.4) is 0 Å². The summed E-state index contributed by atoms with van der Waals surface area (Å²) in [5.74, 6) is -0.0216. The Labute approximate surface area is 190 Å². The van der Waals surface area contributed by atoms with E-state index in [2.05, 4.69) is 6.07 Å². The maximum Gasteiger partial charge on any atom is 0.205 e. The molecule has 7 heteroatoms. The van der Waals surface area contributed by atoms with Crippen LogP contribution >= 0.6 is 11.6 Å². The Bertz CT molecular complexity index is 1170. The molecule has 0 bridgehead atoms. The van der Waals surface area contributed by atoms with Crippen LogP contribution in [0.1, 0.15) is 43.7 Å². The summed E-state index contributed by atoms with van der Waals surface area (Å²) in [6.45, 7) is 3.97. The van der Waals surface area contributed by atoms with Crippen LogP contribution in [0.15, 0.2) is 65.3 Å². The van der Waals surface area contributed by atoms with Crippen molar-refractivity contribution in [1.82, 2.24) is 0 Å². The van der Waals surface area contributed by atoms with Crippen molar-refractivity contribution >= 4 is 17.4 Å². The van der Waals surface area contributed by atoms with E-state index in [9.17, 15) is 14.4 Å². The van der Waals surface area contributed by atoms with Crippen LogP contribution in [-0.2, 0) is 16.1 Å². The number of nitriles is 1. The summed E-state index contributed by atoms with van der Waals surface area (Å²) in [5, 5.41) is 10.0. The van der Waals surface area contributed by atoms with E-state index < -0.39 is 11.7 Å². The van der Waals surface area contributed by atoms with E-state index in [0.29, 0.717) is 34.9 Å². The van der Waals surface area contributed by atoms with Gasteiger partial charge in [-0.3, -0.25) is 4.79 Å². The first-order chi connectivity index (χ1) is 15.2. The Morgan fingerprint density at radius 2 is 1.97 bits per heavy atom. The zero-order valence-corrected chi connectivity index (χ0v) is 18.5. The van der Waals surface area contributed by atoms with E-state index >= 15 is 0 Å². The van der Waals surface area contributed by atoms with Crippen LogP contribution in [0.2, 0.25) is 5.02 Å². The second kappa shape index (κ2) is 8.33. The van der Waals surface area contributed by atoms with Gasteiger partial charge in [0, 0.05) is 24.0 Å². The maximum absolute atomic E-state index is 14.0. The largest absolute Gasteiger partial charge is 0.489 e. The highest BCUT2D eigenvalue weighted by molar-refractivity contribution is 6.31. The fraction of sp³-hybridized carbons (Fsp3) is 0.280. The lowest BCUT2D eigenvalue weighted by Gasteiger charge is -2.37. The predicted molar refractivity (Wildman–Crippen MR) is 118 cm³/mol. The molecule has 164 valence electrons. The molecule has 0 amide bonds. The summed E-state index contributed by atoms with van der Waals surface area (Å²) in [5.41, 5.74) is 7.51. The number of carbonyl (C=O) groups is 1. The van der Waals surface area contributed by atoms with Crippen LogP contribution in [0, 0.1) is 22.6 Å². The molecule has 0 unspecified atom stereocenters. The first-order valence-electron chi connectivity index (χ1n) is 10.2. The quantitative estimate of drug-likeness (QED) is 0.661. The lowest BCUT2D eigenvalue weighted by atomic mass is 9.70. The zero-order valence-electron chi connectivity index (χ0n) is 17.7. The van der Waals surface area contributed by atoms with Crippen LogP contribution in [0.4, 0.5) is 4.39 Å². The number of nitrogens with zero attached hydrogens (tertiary/aromatic N) is 1. The molecule has 1 aliphatic carbocycles. The lowest BCUT2D eigenvalue weighted by molar-refractivity contribution is -0.119. The van der Waals surface area contributed by atoms with Crippen molar-refractivity contribution in [3.8, 4) is 11.8 Å². The molecule has 2 aliphatic rings. The second-order valence-corrected chi connectivity index (χ2v) is 9.17. The minimum atomic E-state index is -0.595. The number of halogens is 2. The number of rotatable bonds is 4. The number of allylic oxidation sites excluding steroid dienone is 3. The highest BCUT2D eigenvalue weighted by Crippen LogP contribution is 2.48. The first kappa shape index (κ1) is 21.9. The molecule has 4 rings (SSSR count). The Morgan fingerprint density at radius 3 is 2.62 bits per heavy atom. The lowest BCUT2D eigenvalue weighted by Crippen LogP contribution is -2.33. The Kier molecular flexibility index (Phi) is 5.70. The standard InChI is InChI=1S/C25H22ClFN2O3/c1-25(2)10-20(30)23-21(11-25)32-24(29)16(12-28)22(23)14-6-8-15(9-7-14)31-13-17-18(26)4-3-5-19(17)27/h3-9,22H,10-11,13,29H2,1-2H3/t22-/m1/s1. The Morgan fingerprint density at radius 1 is 1.25 bits per heavy atom. The van der Waals surface area contributed by atoms with Crippen LogP contribution in [0.5, 0.6) is 5.75 Å². The zero-order chi connectivity index (χ0) is 23.0. The van der Waals surface area contributed by atoms with E-state index in [1.54, 1.807) is 30.3 Å². The molecule has 1 aliphatic heterocycles. The third-order valence-corrected chi connectivity index (χ3v) is 6.09. The minimum absolute atomic E-state index is 0.0243. The molecule has 0 aromatic heterocycles. The highest BCUT2D eigenvalue weighted by Gasteiger charge is 2.42. The van der Waals surface area contributed by atoms with Crippen molar-refractivity contribution in [2.75, 3.05) is 0 Å². The van der Waals surface area contributed by atoms with Gasteiger partial charge in [0.05, 0.1) is 10.9 Å². The second-order valence-electron chi connectivity index (χ2n) is 8.76. The predicted octanol–water partition coefficient (Wildman–Crippen LogP) is 5.51. The van der Waals surface area contributed by atoms with Gasteiger partial charge >= 0.3 is 0 Å². The van der Waals surface area contributed by atoms with E-state index in [4.69, 9.17) is 26.8 Å². The number of carbonyl (C=O) groups excluding carboxylic acids is 1. The molecule has 2 aromatic rings. The third-order valence-electron chi connectivity index (χ3n) is 5.73. The fourth-order valence-corrected chi connectivity index (χ4v) is 4.42. The van der Waals surface area contributed by atoms with Crippen LogP contribution in [-0.4, -0.2) is 5.78 Å². The van der Waals surface area contributed by atoms with Crippen molar-refractivity contribution in [3.63, 3.8) is 0 Å². The average Bonchev–Trinajstić information content (AvgIpc) is 2.72. The van der Waals surface area contributed by atoms with Gasteiger partial charge in [0.15, 0.2) is 5.78 Å². The van der Waals surface area contributed by atoms with Crippen molar-refractivity contribution < 1.29 is 18.7 Å². The Hall–Kier alpha value is -3.30. The van der Waals surface area contributed by atoms with Gasteiger partial charge in [-0.25, -0.2) is 4.39 Å². The van der Waals surface area contributed by atoms with Gasteiger partial charge in [-0.2, -0.15) is 5.26 Å². The summed E-state index contributed by atoms with van der Waals surface area (Å²) in [6, 6.07) is 13.5. The first-order valence-corrected chi connectivity index (χ1v) is 10.6. The van der Waals surface area contributed by atoms with E-state index in [0.717, 1.165) is 5.56 Å². The molecule has 1 heterocycles. The molecule has 5 nitrogen and oxygen atoms in total. The topological polar surface area (TPSA) is 85.3 Å². The van der Waals surface area contributed by atoms with Gasteiger partial charge < -0.3 is 15.2 Å². The molecule has 1 atom stereocenters. The van der Waals surface area contributed by atoms with E-state index in [1.165, 1.54) is 12.1 Å². The summed E-state index contributed by atoms with van der Waals surface area (Å²) in [4.78, 5) is 13.0. The average molecular weight is 453 g/mol. The normalized spacial score (nSPS) is 19.8. The SMILES string of the molecule is CC1(C)CC(=O)C2=C(C1)OC(N)=C(C#N)[C@H]2c1ccc(OCc2c(F)cccc2Cl)cc1. The summed E-state index contributed by atoms with van der Waals surface area (Å²) in [6.07, 6.45) is 0.934. The van der Waals surface area contributed by atoms with E-state index in [-0.39, 0.29) is 34.8 Å². The highest BCUT2D eigenvalue weighted by atomic mass is 35.5. The van der Waals surface area contributed by atoms with Crippen LogP contribution in [0.25, 0.3) is 0 Å². The summed E-state index contributed by atoms with van der Waals surface area (Å²) >= 11 is 6.05. The number of hydrogen-bond acceptors (Lipinski definition) is 5. The van der Waals surface area contributed by atoms with Gasteiger partial charge in [0.2, 0.25) is 5.88 Å². The molecule has 0 saturated carbocycles. The number of nitrogens with two attached hydrogens (primary N) is 1. The van der Waals surface area contributed by atoms with Crippen molar-refractivity contribution in [2.24, 2.45) is 11.1 Å². The molecule has 0 saturated heterocycles. The maximum atomic E-state index is 14.0. The summed E-state index contributed by atoms with van der Waals surface area (Å²) < 4.78 is 25.4. The van der Waals surface area contributed by atoms with Crippen LogP contribution < -0.4 is 10.5 Å². The number of Topliss-reactive ketones (excluding diaryl/α,β-unsaturated/α-hetero) is 1.